The number of halogens is 1. The van der Waals surface area contributed by atoms with E-state index in [2.05, 4.69) is 37.0 Å². The van der Waals surface area contributed by atoms with Crippen LogP contribution >= 0.6 is 11.6 Å². The predicted octanol–water partition coefficient (Wildman–Crippen LogP) is 2.75. The molecule has 0 aliphatic carbocycles. The maximum Gasteiger partial charge on any atom is 0.0642 e. The van der Waals surface area contributed by atoms with Gasteiger partial charge in [0.05, 0.1) is 10.7 Å². The van der Waals surface area contributed by atoms with E-state index in [9.17, 15) is 0 Å². The normalized spacial score (nSPS) is 12.8. The smallest absolute Gasteiger partial charge is 0.0642 e. The van der Waals surface area contributed by atoms with E-state index in [0.29, 0.717) is 0 Å². The summed E-state index contributed by atoms with van der Waals surface area (Å²) in [7, 11) is 6.25. The fraction of sp³-hybridized carbons (Fsp3) is 0.571. The van der Waals surface area contributed by atoms with Crippen molar-refractivity contribution in [2.24, 2.45) is 5.73 Å². The Morgan fingerprint density at radius 1 is 1.22 bits per heavy atom. The molecule has 1 aromatic carbocycles. The predicted molar refractivity (Wildman–Crippen MR) is 80.5 cm³/mol. The Hall–Kier alpha value is -0.770. The third-order valence-electron chi connectivity index (χ3n) is 3.01. The van der Waals surface area contributed by atoms with Gasteiger partial charge in [0.15, 0.2) is 0 Å². The van der Waals surface area contributed by atoms with Gasteiger partial charge in [-0.1, -0.05) is 17.7 Å². The van der Waals surface area contributed by atoms with Gasteiger partial charge in [0.2, 0.25) is 0 Å². The molecule has 1 unspecified atom stereocenters. The Bertz CT molecular complexity index is 377. The third kappa shape index (κ3) is 4.48. The van der Waals surface area contributed by atoms with Gasteiger partial charge in [-0.15, -0.1) is 0 Å². The van der Waals surface area contributed by atoms with Crippen LogP contribution in [0.15, 0.2) is 18.2 Å². The van der Waals surface area contributed by atoms with Gasteiger partial charge in [-0.3, -0.25) is 0 Å². The highest BCUT2D eigenvalue weighted by Gasteiger charge is 2.08. The van der Waals surface area contributed by atoms with Crippen molar-refractivity contribution in [2.45, 2.75) is 19.4 Å². The van der Waals surface area contributed by atoms with E-state index in [0.717, 1.165) is 35.8 Å². The molecule has 0 amide bonds. The van der Waals surface area contributed by atoms with Gasteiger partial charge in [0.25, 0.3) is 0 Å². The van der Waals surface area contributed by atoms with Crippen molar-refractivity contribution in [3.63, 3.8) is 0 Å². The van der Waals surface area contributed by atoms with Crippen molar-refractivity contribution < 1.29 is 0 Å². The van der Waals surface area contributed by atoms with Crippen molar-refractivity contribution in [3.05, 3.63) is 28.8 Å². The maximum absolute atomic E-state index is 6.30. The largest absolute Gasteiger partial charge is 0.373 e. The SMILES string of the molecule is CC(N)c1ccc(N(C)CCCN(C)C)c(Cl)c1. The monoisotopic (exact) mass is 269 g/mol. The van der Waals surface area contributed by atoms with E-state index in [4.69, 9.17) is 17.3 Å². The lowest BCUT2D eigenvalue weighted by Crippen LogP contribution is -2.23. The van der Waals surface area contributed by atoms with Crippen LogP contribution in [0.25, 0.3) is 0 Å². The van der Waals surface area contributed by atoms with Crippen molar-refractivity contribution in [1.82, 2.24) is 4.90 Å². The lowest BCUT2D eigenvalue weighted by molar-refractivity contribution is 0.401. The number of nitrogens with zero attached hydrogens (tertiary/aromatic N) is 2. The Kier molecular flexibility index (Phi) is 5.93. The van der Waals surface area contributed by atoms with E-state index in [1.54, 1.807) is 0 Å². The van der Waals surface area contributed by atoms with Gasteiger partial charge >= 0.3 is 0 Å². The topological polar surface area (TPSA) is 32.5 Å². The standard InChI is InChI=1S/C14H24ClN3/c1-11(16)12-6-7-14(13(15)10-12)18(4)9-5-8-17(2)3/h6-7,10-11H,5,8-9,16H2,1-4H3. The van der Waals surface area contributed by atoms with Crippen LogP contribution < -0.4 is 10.6 Å². The molecule has 1 atom stereocenters. The quantitative estimate of drug-likeness (QED) is 0.862. The summed E-state index contributed by atoms with van der Waals surface area (Å²) in [6.07, 6.45) is 1.12. The number of hydrogen-bond donors (Lipinski definition) is 1. The third-order valence-corrected chi connectivity index (χ3v) is 3.31. The number of benzene rings is 1. The highest BCUT2D eigenvalue weighted by atomic mass is 35.5. The summed E-state index contributed by atoms with van der Waals surface area (Å²) in [6, 6.07) is 6.09. The average molecular weight is 270 g/mol. The molecule has 4 heteroatoms. The van der Waals surface area contributed by atoms with Gasteiger partial charge in [-0.05, 0) is 51.7 Å². The van der Waals surface area contributed by atoms with Gasteiger partial charge < -0.3 is 15.5 Å². The Balaban J connectivity index is 2.65. The zero-order valence-electron chi connectivity index (χ0n) is 11.8. The second-order valence-electron chi connectivity index (χ2n) is 5.08. The van der Waals surface area contributed by atoms with Gasteiger partial charge in [0, 0.05) is 19.6 Å². The molecule has 0 radical (unpaired) electrons. The molecule has 0 saturated heterocycles. The van der Waals surface area contributed by atoms with Crippen molar-refractivity contribution >= 4 is 17.3 Å². The Morgan fingerprint density at radius 3 is 2.39 bits per heavy atom. The van der Waals surface area contributed by atoms with Crippen molar-refractivity contribution in [3.8, 4) is 0 Å². The summed E-state index contributed by atoms with van der Waals surface area (Å²) in [5, 5.41) is 0.775. The molecule has 0 bridgehead atoms. The van der Waals surface area contributed by atoms with Crippen molar-refractivity contribution in [1.29, 1.82) is 0 Å². The molecule has 2 N–H and O–H groups in total. The van der Waals surface area contributed by atoms with Crippen molar-refractivity contribution in [2.75, 3.05) is 39.1 Å². The Labute approximate surface area is 116 Å². The number of hydrogen-bond acceptors (Lipinski definition) is 3. The minimum Gasteiger partial charge on any atom is -0.373 e. The molecule has 0 aliphatic rings. The number of nitrogens with two attached hydrogens (primary N) is 1. The molecule has 0 aromatic heterocycles. The summed E-state index contributed by atoms with van der Waals surface area (Å²) in [5.41, 5.74) is 7.99. The molecule has 3 nitrogen and oxygen atoms in total. The fourth-order valence-electron chi connectivity index (χ4n) is 1.86. The van der Waals surface area contributed by atoms with E-state index in [-0.39, 0.29) is 6.04 Å². The van der Waals surface area contributed by atoms with Crippen LogP contribution in [0.4, 0.5) is 5.69 Å². The molecule has 0 aliphatic heterocycles. The lowest BCUT2D eigenvalue weighted by atomic mass is 10.1. The molecule has 0 saturated carbocycles. The molecular weight excluding hydrogens is 246 g/mol. The van der Waals surface area contributed by atoms with Crippen LogP contribution in [0.2, 0.25) is 5.02 Å². The first-order valence-corrected chi connectivity index (χ1v) is 6.70. The molecule has 1 aromatic rings. The summed E-state index contributed by atoms with van der Waals surface area (Å²) in [4.78, 5) is 4.38. The summed E-state index contributed by atoms with van der Waals surface area (Å²) >= 11 is 6.30. The van der Waals surface area contributed by atoms with Crippen LogP contribution in [0.3, 0.4) is 0 Å². The zero-order valence-corrected chi connectivity index (χ0v) is 12.5. The first kappa shape index (κ1) is 15.3. The molecule has 102 valence electrons. The molecule has 0 fully saturated rings. The summed E-state index contributed by atoms with van der Waals surface area (Å²) < 4.78 is 0. The highest BCUT2D eigenvalue weighted by Crippen LogP contribution is 2.27. The molecule has 0 heterocycles. The average Bonchev–Trinajstić information content (AvgIpc) is 2.27. The number of rotatable bonds is 6. The van der Waals surface area contributed by atoms with E-state index >= 15 is 0 Å². The summed E-state index contributed by atoms with van der Waals surface area (Å²) in [6.45, 7) is 4.04. The molecule has 1 rings (SSSR count). The van der Waals surface area contributed by atoms with Crippen LogP contribution in [0.5, 0.6) is 0 Å². The highest BCUT2D eigenvalue weighted by molar-refractivity contribution is 6.33. The molecular formula is C14H24ClN3. The first-order chi connectivity index (χ1) is 8.41. The second-order valence-corrected chi connectivity index (χ2v) is 5.49. The minimum absolute atomic E-state index is 0.0237. The fourth-order valence-corrected chi connectivity index (χ4v) is 2.19. The van der Waals surface area contributed by atoms with Crippen LogP contribution in [0.1, 0.15) is 24.9 Å². The van der Waals surface area contributed by atoms with Gasteiger partial charge in [-0.2, -0.15) is 0 Å². The number of anilines is 1. The zero-order chi connectivity index (χ0) is 13.7. The molecule has 0 spiro atoms. The first-order valence-electron chi connectivity index (χ1n) is 6.32. The van der Waals surface area contributed by atoms with Crippen LogP contribution in [-0.4, -0.2) is 39.1 Å². The molecule has 18 heavy (non-hydrogen) atoms. The second kappa shape index (κ2) is 6.98. The van der Waals surface area contributed by atoms with E-state index < -0.39 is 0 Å². The lowest BCUT2D eigenvalue weighted by Gasteiger charge is -2.22. The van der Waals surface area contributed by atoms with Crippen LogP contribution in [-0.2, 0) is 0 Å². The van der Waals surface area contributed by atoms with Crippen LogP contribution in [0, 0.1) is 0 Å². The van der Waals surface area contributed by atoms with E-state index in [1.165, 1.54) is 0 Å². The van der Waals surface area contributed by atoms with Gasteiger partial charge in [-0.25, -0.2) is 0 Å². The minimum atomic E-state index is 0.0237. The maximum atomic E-state index is 6.30. The van der Waals surface area contributed by atoms with E-state index in [1.807, 2.05) is 19.1 Å². The summed E-state index contributed by atoms with van der Waals surface area (Å²) in [5.74, 6) is 0. The van der Waals surface area contributed by atoms with Gasteiger partial charge in [0.1, 0.15) is 0 Å². The Morgan fingerprint density at radius 2 is 1.89 bits per heavy atom.